The van der Waals surface area contributed by atoms with Gasteiger partial charge >= 0.3 is 19.6 Å². The molecular formula is C14H12BrF5NO6PS. The maximum absolute atomic E-state index is 14.2. The second-order valence-electron chi connectivity index (χ2n) is 5.54. The van der Waals surface area contributed by atoms with E-state index in [2.05, 4.69) is 20.7 Å². The van der Waals surface area contributed by atoms with Gasteiger partial charge in [0.15, 0.2) is 0 Å². The van der Waals surface area contributed by atoms with Crippen LogP contribution in [-0.4, -0.2) is 35.3 Å². The first-order valence-electron chi connectivity index (χ1n) is 7.48. The maximum Gasteiger partial charge on any atom is 0.522 e. The Morgan fingerprint density at radius 2 is 1.83 bits per heavy atom. The normalized spacial score (nSPS) is 13.1. The highest BCUT2D eigenvalue weighted by Gasteiger charge is 2.53. The lowest BCUT2D eigenvalue weighted by Gasteiger charge is -2.16. The molecule has 0 spiro atoms. The zero-order valence-corrected chi connectivity index (χ0v) is 17.3. The fourth-order valence-corrected chi connectivity index (χ4v) is 5.12. The molecule has 0 saturated heterocycles. The van der Waals surface area contributed by atoms with Crippen LogP contribution in [0.4, 0.5) is 22.0 Å². The Hall–Kier alpha value is -1.31. The summed E-state index contributed by atoms with van der Waals surface area (Å²) in [6, 6.07) is 2.22. The number of hydrogen-bond donors (Lipinski definition) is 3. The Labute approximate surface area is 171 Å². The van der Waals surface area contributed by atoms with Crippen LogP contribution in [0.15, 0.2) is 16.6 Å². The van der Waals surface area contributed by atoms with Crippen LogP contribution >= 0.6 is 34.9 Å². The molecule has 0 saturated carbocycles. The molecule has 0 radical (unpaired) electrons. The van der Waals surface area contributed by atoms with Crippen LogP contribution in [0, 0.1) is 0 Å². The molecule has 1 aromatic heterocycles. The van der Waals surface area contributed by atoms with Gasteiger partial charge < -0.3 is 20.3 Å². The zero-order chi connectivity index (χ0) is 22.2. The molecule has 1 amide bonds. The van der Waals surface area contributed by atoms with Gasteiger partial charge in [0.25, 0.3) is 0 Å². The molecule has 0 fully saturated rings. The van der Waals surface area contributed by atoms with Gasteiger partial charge in [0.05, 0.1) is 17.9 Å². The SMILES string of the molecule is NC(=O)c1cc(OCCCOC(F)(F)F)c2sc(C(F)(F)P(=O)(O)O)c(Br)c2c1. The van der Waals surface area contributed by atoms with Crippen molar-refractivity contribution in [1.29, 1.82) is 0 Å². The van der Waals surface area contributed by atoms with Crippen LogP contribution < -0.4 is 10.5 Å². The van der Waals surface area contributed by atoms with Gasteiger partial charge in [0.1, 0.15) is 10.6 Å². The topological polar surface area (TPSA) is 119 Å². The first-order chi connectivity index (χ1) is 13.1. The van der Waals surface area contributed by atoms with Crippen molar-refractivity contribution >= 4 is 50.9 Å². The molecule has 29 heavy (non-hydrogen) atoms. The highest BCUT2D eigenvalue weighted by molar-refractivity contribution is 9.10. The fourth-order valence-electron chi connectivity index (χ4n) is 2.14. The Balaban J connectivity index is 2.42. The summed E-state index contributed by atoms with van der Waals surface area (Å²) in [5.74, 6) is -1.11. The molecule has 162 valence electrons. The summed E-state index contributed by atoms with van der Waals surface area (Å²) >= 11 is 3.14. The Morgan fingerprint density at radius 3 is 2.34 bits per heavy atom. The summed E-state index contributed by atoms with van der Waals surface area (Å²) in [7, 11) is -5.87. The van der Waals surface area contributed by atoms with Crippen LogP contribution in [-0.2, 0) is 15.0 Å². The minimum Gasteiger partial charge on any atom is -0.492 e. The number of rotatable bonds is 8. The second kappa shape index (κ2) is 8.44. The van der Waals surface area contributed by atoms with E-state index in [4.69, 9.17) is 20.3 Å². The predicted octanol–water partition coefficient (Wildman–Crippen LogP) is 4.30. The van der Waals surface area contributed by atoms with E-state index in [1.165, 1.54) is 0 Å². The van der Waals surface area contributed by atoms with Gasteiger partial charge in [-0.1, -0.05) is 0 Å². The third kappa shape index (κ3) is 5.44. The van der Waals surface area contributed by atoms with Gasteiger partial charge in [-0.25, -0.2) is 0 Å². The highest BCUT2D eigenvalue weighted by Crippen LogP contribution is 2.63. The van der Waals surface area contributed by atoms with E-state index < -0.39 is 37.0 Å². The van der Waals surface area contributed by atoms with E-state index in [1.807, 2.05) is 0 Å². The second-order valence-corrected chi connectivity index (χ2v) is 9.01. The van der Waals surface area contributed by atoms with E-state index in [1.54, 1.807) is 0 Å². The lowest BCUT2D eigenvalue weighted by atomic mass is 10.1. The standard InChI is InChI=1S/C14H12BrF5NO6PS/c15-9-7-4-6(12(21)22)5-8(26-2-1-3-27-14(18,19)20)10(7)29-11(9)13(16,17)28(23,24)25/h4-5H,1-3H2,(H2,21,22)(H2,23,24,25). The van der Waals surface area contributed by atoms with Crippen molar-refractivity contribution in [1.82, 2.24) is 0 Å². The van der Waals surface area contributed by atoms with Crippen molar-refractivity contribution < 1.29 is 50.6 Å². The van der Waals surface area contributed by atoms with E-state index in [0.29, 0.717) is 11.3 Å². The summed E-state index contributed by atoms with van der Waals surface area (Å²) in [4.78, 5) is 28.4. The van der Waals surface area contributed by atoms with Crippen molar-refractivity contribution in [3.05, 3.63) is 27.0 Å². The van der Waals surface area contributed by atoms with E-state index >= 15 is 0 Å². The summed E-state index contributed by atoms with van der Waals surface area (Å²) in [5.41, 5.74) is 0.495. The number of nitrogens with two attached hydrogens (primary N) is 1. The van der Waals surface area contributed by atoms with Crippen molar-refractivity contribution in [3.8, 4) is 5.75 Å². The quantitative estimate of drug-likeness (QED) is 0.267. The molecule has 1 heterocycles. The zero-order valence-electron chi connectivity index (χ0n) is 14.0. The molecule has 0 bridgehead atoms. The van der Waals surface area contributed by atoms with Crippen molar-refractivity contribution in [2.45, 2.75) is 18.4 Å². The van der Waals surface area contributed by atoms with Gasteiger partial charge in [-0.2, -0.15) is 8.78 Å². The molecule has 0 unspecified atom stereocenters. The van der Waals surface area contributed by atoms with Crippen LogP contribution in [0.3, 0.4) is 0 Å². The van der Waals surface area contributed by atoms with Gasteiger partial charge in [0, 0.05) is 21.8 Å². The van der Waals surface area contributed by atoms with Crippen molar-refractivity contribution in [2.24, 2.45) is 5.73 Å². The molecule has 1 aromatic carbocycles. The highest BCUT2D eigenvalue weighted by atomic mass is 79.9. The minimum atomic E-state index is -5.87. The number of alkyl halides is 5. The molecule has 4 N–H and O–H groups in total. The smallest absolute Gasteiger partial charge is 0.492 e. The Morgan fingerprint density at radius 1 is 1.21 bits per heavy atom. The third-order valence-electron chi connectivity index (χ3n) is 3.43. The molecule has 0 atom stereocenters. The number of amides is 1. The van der Waals surface area contributed by atoms with E-state index in [9.17, 15) is 31.3 Å². The number of hydrogen-bond acceptors (Lipinski definition) is 5. The summed E-state index contributed by atoms with van der Waals surface area (Å²) in [6.45, 7) is -1.05. The number of ether oxygens (including phenoxy) is 2. The Kier molecular flexibility index (Phi) is 6.97. The average Bonchev–Trinajstić information content (AvgIpc) is 2.90. The van der Waals surface area contributed by atoms with Crippen LogP contribution in [0.5, 0.6) is 5.75 Å². The van der Waals surface area contributed by atoms with Crippen molar-refractivity contribution in [3.63, 3.8) is 0 Å². The summed E-state index contributed by atoms with van der Waals surface area (Å²) < 4.78 is 83.9. The molecule has 0 aliphatic carbocycles. The minimum absolute atomic E-state index is 0.0123. The third-order valence-corrected chi connectivity index (χ3v) is 6.91. The largest absolute Gasteiger partial charge is 0.522 e. The fraction of sp³-hybridized carbons (Fsp3) is 0.357. The number of fused-ring (bicyclic) bond motifs is 1. The van der Waals surface area contributed by atoms with Gasteiger partial charge in [-0.05, 0) is 28.1 Å². The summed E-state index contributed by atoms with van der Waals surface area (Å²) in [6.07, 6.45) is -5.04. The van der Waals surface area contributed by atoms with Crippen LogP contribution in [0.1, 0.15) is 21.7 Å². The number of benzene rings is 1. The number of carbonyl (C=O) groups is 1. The van der Waals surface area contributed by atoms with Crippen molar-refractivity contribution in [2.75, 3.05) is 13.2 Å². The molecule has 2 rings (SSSR count). The lowest BCUT2D eigenvalue weighted by molar-refractivity contribution is -0.324. The first-order valence-corrected chi connectivity index (χ1v) is 10.7. The number of halogens is 6. The molecule has 15 heteroatoms. The van der Waals surface area contributed by atoms with Crippen LogP contribution in [0.2, 0.25) is 0 Å². The van der Waals surface area contributed by atoms with E-state index in [0.717, 1.165) is 12.1 Å². The molecule has 2 aromatic rings. The van der Waals surface area contributed by atoms with Crippen LogP contribution in [0.25, 0.3) is 10.1 Å². The van der Waals surface area contributed by atoms with Gasteiger partial charge in [0.2, 0.25) is 5.91 Å². The monoisotopic (exact) mass is 527 g/mol. The molecular weight excluding hydrogens is 516 g/mol. The van der Waals surface area contributed by atoms with Gasteiger partial charge in [-0.3, -0.25) is 14.1 Å². The lowest BCUT2D eigenvalue weighted by Crippen LogP contribution is -2.15. The van der Waals surface area contributed by atoms with Gasteiger partial charge in [-0.15, -0.1) is 24.5 Å². The number of thiophene rings is 1. The molecule has 0 aliphatic heterocycles. The molecule has 0 aliphatic rings. The number of primary amides is 1. The first kappa shape index (κ1) is 24.0. The van der Waals surface area contributed by atoms with E-state index in [-0.39, 0.29) is 38.9 Å². The average molecular weight is 528 g/mol. The summed E-state index contributed by atoms with van der Waals surface area (Å²) in [5, 5.41) is -0.0315. The Bertz CT molecular complexity index is 976. The number of carbonyl (C=O) groups excluding carboxylic acids is 1. The maximum atomic E-state index is 14.2. The molecule has 7 nitrogen and oxygen atoms in total. The predicted molar refractivity (Wildman–Crippen MR) is 96.1 cm³/mol.